The number of rotatable bonds is 3. The van der Waals surface area contributed by atoms with Crippen molar-refractivity contribution in [3.05, 3.63) is 23.8 Å². The smallest absolute Gasteiger partial charge is 0.184 e. The minimum atomic E-state index is 0.332. The van der Waals surface area contributed by atoms with Crippen molar-refractivity contribution in [1.29, 1.82) is 0 Å². The summed E-state index contributed by atoms with van der Waals surface area (Å²) in [4.78, 5) is 0. The quantitative estimate of drug-likeness (QED) is 0.858. The maximum atomic E-state index is 6.16. The van der Waals surface area contributed by atoms with Crippen molar-refractivity contribution >= 4 is 5.69 Å². The van der Waals surface area contributed by atoms with Crippen molar-refractivity contribution in [2.75, 3.05) is 5.73 Å². The fourth-order valence-electron chi connectivity index (χ4n) is 2.64. The molecule has 1 fully saturated rings. The molecular weight excluding hydrogens is 238 g/mol. The average molecular weight is 257 g/mol. The first kappa shape index (κ1) is 12.1. The first-order chi connectivity index (χ1) is 9.18. The van der Waals surface area contributed by atoms with Gasteiger partial charge in [-0.25, -0.2) is 4.68 Å². The third-order valence-corrected chi connectivity index (χ3v) is 4.28. The highest BCUT2D eigenvalue weighted by Crippen LogP contribution is 2.37. The normalized spacial score (nSPS) is 17.2. The monoisotopic (exact) mass is 257 g/mol. The number of hydrogen-bond donors (Lipinski definition) is 1. The van der Waals surface area contributed by atoms with Crippen LogP contribution in [0.25, 0.3) is 11.4 Å². The summed E-state index contributed by atoms with van der Waals surface area (Å²) in [6.07, 6.45) is 3.85. The second-order valence-electron chi connectivity index (χ2n) is 5.41. The molecule has 100 valence electrons. The predicted molar refractivity (Wildman–Crippen MR) is 74.5 cm³/mol. The van der Waals surface area contributed by atoms with E-state index >= 15 is 0 Å². The van der Waals surface area contributed by atoms with Crippen LogP contribution in [0.3, 0.4) is 0 Å². The molecule has 3 rings (SSSR count). The van der Waals surface area contributed by atoms with Gasteiger partial charge in [0.25, 0.3) is 0 Å². The number of nitrogen functional groups attached to an aromatic ring is 1. The highest BCUT2D eigenvalue weighted by molar-refractivity contribution is 5.74. The van der Waals surface area contributed by atoms with E-state index < -0.39 is 0 Å². The molecule has 19 heavy (non-hydrogen) atoms. The van der Waals surface area contributed by atoms with E-state index in [0.29, 0.717) is 12.0 Å². The van der Waals surface area contributed by atoms with Crippen LogP contribution in [0.5, 0.6) is 0 Å². The predicted octanol–water partition coefficient (Wildman–Crippen LogP) is 2.59. The molecule has 1 heterocycles. The van der Waals surface area contributed by atoms with Crippen molar-refractivity contribution in [2.45, 2.75) is 39.2 Å². The summed E-state index contributed by atoms with van der Waals surface area (Å²) >= 11 is 0. The topological polar surface area (TPSA) is 69.6 Å². The van der Waals surface area contributed by atoms with Gasteiger partial charge in [-0.15, -0.1) is 5.10 Å². The maximum Gasteiger partial charge on any atom is 0.184 e. The van der Waals surface area contributed by atoms with Crippen LogP contribution in [0.1, 0.15) is 37.8 Å². The zero-order valence-corrected chi connectivity index (χ0v) is 11.4. The van der Waals surface area contributed by atoms with Crippen LogP contribution in [-0.2, 0) is 0 Å². The lowest BCUT2D eigenvalue weighted by molar-refractivity contribution is 0.210. The van der Waals surface area contributed by atoms with Crippen molar-refractivity contribution < 1.29 is 0 Å². The van der Waals surface area contributed by atoms with E-state index in [2.05, 4.69) is 22.4 Å². The van der Waals surface area contributed by atoms with Gasteiger partial charge in [0.2, 0.25) is 0 Å². The number of hydrogen-bond acceptors (Lipinski definition) is 4. The van der Waals surface area contributed by atoms with E-state index in [9.17, 15) is 0 Å². The molecule has 0 radical (unpaired) electrons. The van der Waals surface area contributed by atoms with Crippen molar-refractivity contribution in [2.24, 2.45) is 5.92 Å². The number of anilines is 1. The van der Waals surface area contributed by atoms with E-state index in [0.717, 1.165) is 22.6 Å². The molecule has 1 aliphatic rings. The Morgan fingerprint density at radius 1 is 1.37 bits per heavy atom. The van der Waals surface area contributed by atoms with Gasteiger partial charge in [-0.2, -0.15) is 0 Å². The number of aryl methyl sites for hydroxylation is 1. The highest BCUT2D eigenvalue weighted by atomic mass is 15.5. The summed E-state index contributed by atoms with van der Waals surface area (Å²) in [5, 5.41) is 12.2. The number of nitrogens with two attached hydrogens (primary N) is 1. The Labute approximate surface area is 112 Å². The van der Waals surface area contributed by atoms with Crippen LogP contribution in [0.2, 0.25) is 0 Å². The van der Waals surface area contributed by atoms with Gasteiger partial charge in [0.1, 0.15) is 0 Å². The fourth-order valence-corrected chi connectivity index (χ4v) is 2.64. The van der Waals surface area contributed by atoms with E-state index in [1.807, 2.05) is 29.8 Å². The number of nitrogens with zero attached hydrogens (tertiary/aromatic N) is 4. The Hall–Kier alpha value is -1.91. The maximum absolute atomic E-state index is 6.16. The largest absolute Gasteiger partial charge is 0.398 e. The summed E-state index contributed by atoms with van der Waals surface area (Å²) in [7, 11) is 0. The zero-order chi connectivity index (χ0) is 13.4. The molecule has 1 aliphatic carbocycles. The third-order valence-electron chi connectivity index (χ3n) is 4.28. The minimum Gasteiger partial charge on any atom is -0.398 e. The number of tetrazole rings is 1. The Morgan fingerprint density at radius 3 is 2.84 bits per heavy atom. The van der Waals surface area contributed by atoms with Gasteiger partial charge in [-0.05, 0) is 54.7 Å². The second-order valence-corrected chi connectivity index (χ2v) is 5.41. The minimum absolute atomic E-state index is 0.332. The summed E-state index contributed by atoms with van der Waals surface area (Å²) in [5.41, 5.74) is 8.91. The van der Waals surface area contributed by atoms with Crippen molar-refractivity contribution in [1.82, 2.24) is 20.2 Å². The van der Waals surface area contributed by atoms with Gasteiger partial charge in [0, 0.05) is 11.3 Å². The molecule has 2 N–H and O–H groups in total. The lowest BCUT2D eigenvalue weighted by Gasteiger charge is -2.31. The summed E-state index contributed by atoms with van der Waals surface area (Å²) in [6.45, 7) is 4.19. The Kier molecular flexibility index (Phi) is 2.97. The van der Waals surface area contributed by atoms with Crippen LogP contribution >= 0.6 is 0 Å². The van der Waals surface area contributed by atoms with Gasteiger partial charge in [0.05, 0.1) is 6.04 Å². The van der Waals surface area contributed by atoms with Crippen molar-refractivity contribution in [3.8, 4) is 11.4 Å². The lowest BCUT2D eigenvalue weighted by atomic mass is 9.80. The van der Waals surface area contributed by atoms with Gasteiger partial charge in [-0.3, -0.25) is 0 Å². The van der Waals surface area contributed by atoms with E-state index in [-0.39, 0.29) is 0 Å². The Bertz CT molecular complexity index is 585. The molecule has 1 aromatic carbocycles. The molecule has 0 saturated heterocycles. The highest BCUT2D eigenvalue weighted by Gasteiger charge is 2.28. The molecule has 5 nitrogen and oxygen atoms in total. The molecule has 5 heteroatoms. The van der Waals surface area contributed by atoms with Crippen molar-refractivity contribution in [3.63, 3.8) is 0 Å². The lowest BCUT2D eigenvalue weighted by Crippen LogP contribution is -2.24. The van der Waals surface area contributed by atoms with E-state index in [1.54, 1.807) is 0 Å². The third kappa shape index (κ3) is 1.99. The number of benzene rings is 1. The molecule has 1 saturated carbocycles. The molecule has 1 unspecified atom stereocenters. The fraction of sp³-hybridized carbons (Fsp3) is 0.500. The average Bonchev–Trinajstić information content (AvgIpc) is 2.79. The second kappa shape index (κ2) is 4.64. The van der Waals surface area contributed by atoms with E-state index in [4.69, 9.17) is 5.73 Å². The molecule has 0 bridgehead atoms. The number of para-hydroxylation sites is 1. The van der Waals surface area contributed by atoms with E-state index in [1.165, 1.54) is 19.3 Å². The molecule has 1 aromatic heterocycles. The molecule has 1 atom stereocenters. The molecule has 0 spiro atoms. The van der Waals surface area contributed by atoms with Crippen LogP contribution in [0.4, 0.5) is 5.69 Å². The first-order valence-corrected chi connectivity index (χ1v) is 6.82. The summed E-state index contributed by atoms with van der Waals surface area (Å²) in [5.74, 6) is 1.47. The summed E-state index contributed by atoms with van der Waals surface area (Å²) in [6, 6.07) is 6.31. The zero-order valence-electron chi connectivity index (χ0n) is 11.4. The van der Waals surface area contributed by atoms with Crippen LogP contribution < -0.4 is 5.73 Å². The van der Waals surface area contributed by atoms with Gasteiger partial charge in [-0.1, -0.05) is 18.6 Å². The van der Waals surface area contributed by atoms with Gasteiger partial charge < -0.3 is 5.73 Å². The molecule has 2 aromatic rings. The molecule has 0 aliphatic heterocycles. The number of aromatic nitrogens is 4. The molecular formula is C14H19N5. The van der Waals surface area contributed by atoms with Gasteiger partial charge in [0.15, 0.2) is 5.82 Å². The van der Waals surface area contributed by atoms with Gasteiger partial charge >= 0.3 is 0 Å². The van der Waals surface area contributed by atoms with Crippen LogP contribution in [0.15, 0.2) is 18.2 Å². The summed E-state index contributed by atoms with van der Waals surface area (Å²) < 4.78 is 1.93. The first-order valence-electron chi connectivity index (χ1n) is 6.82. The Morgan fingerprint density at radius 2 is 2.16 bits per heavy atom. The van der Waals surface area contributed by atoms with Crippen LogP contribution in [-0.4, -0.2) is 20.2 Å². The SMILES string of the molecule is Cc1cccc(-c2nnnn2C(C)C2CCC2)c1N. The van der Waals surface area contributed by atoms with Crippen LogP contribution in [0, 0.1) is 12.8 Å². The Balaban J connectivity index is 2.01. The molecule has 0 amide bonds. The standard InChI is InChI=1S/C14H19N5/c1-9-5-3-8-12(13(9)15)14-16-17-18-19(14)10(2)11-6-4-7-11/h3,5,8,10-11H,4,6-7,15H2,1-2H3.